The van der Waals surface area contributed by atoms with Gasteiger partial charge in [-0.05, 0) is 13.0 Å². The van der Waals surface area contributed by atoms with E-state index >= 15 is 0 Å². The average molecular weight is 96.1 g/mol. The van der Waals surface area contributed by atoms with E-state index in [0.717, 1.165) is 0 Å². The highest BCUT2D eigenvalue weighted by atomic mass is 15.0. The van der Waals surface area contributed by atoms with E-state index in [1.54, 1.807) is 12.2 Å². The fourth-order valence-corrected chi connectivity index (χ4v) is 0.230. The highest BCUT2D eigenvalue weighted by Gasteiger charge is 1.72. The lowest BCUT2D eigenvalue weighted by Gasteiger charge is -1.77. The quantitative estimate of drug-likeness (QED) is 0.403. The third-order valence-corrected chi connectivity index (χ3v) is 0.503. The van der Waals surface area contributed by atoms with Crippen LogP contribution in [-0.4, -0.2) is 0 Å². The maximum atomic E-state index is 6.39. The summed E-state index contributed by atoms with van der Waals surface area (Å²) in [5, 5.41) is 3.05. The Bertz CT molecular complexity index is 103. The Hall–Kier alpha value is -0.920. The molecule has 0 aromatic rings. The second kappa shape index (κ2) is 3.28. The molecular formula is C5H8N2. The molecule has 0 aliphatic rings. The van der Waals surface area contributed by atoms with Crippen LogP contribution in [0.4, 0.5) is 0 Å². The molecule has 0 aromatic carbocycles. The van der Waals surface area contributed by atoms with Crippen LogP contribution >= 0.6 is 0 Å². The molecule has 2 nitrogen and oxygen atoms in total. The number of nitrogens with zero attached hydrogens (tertiary/aromatic N) is 1. The Morgan fingerprint density at radius 3 is 2.57 bits per heavy atom. The van der Waals surface area contributed by atoms with Gasteiger partial charge in [0.2, 0.25) is 0 Å². The molecule has 0 fully saturated rings. The van der Waals surface area contributed by atoms with Crippen LogP contribution in [0.15, 0.2) is 29.5 Å². The summed E-state index contributed by atoms with van der Waals surface area (Å²) in [6, 6.07) is 0. The molecule has 38 valence electrons. The zero-order valence-corrected chi connectivity index (χ0v) is 4.31. The molecule has 0 unspecified atom stereocenters. The molecule has 0 spiro atoms. The van der Waals surface area contributed by atoms with Gasteiger partial charge in [-0.3, -0.25) is 0 Å². The van der Waals surface area contributed by atoms with Crippen molar-refractivity contribution in [2.75, 3.05) is 0 Å². The molecule has 0 bridgehead atoms. The molecular weight excluding hydrogens is 88.1 g/mol. The fraction of sp³-hybridized carbons (Fsp3) is 0.200. The first-order valence-electron chi connectivity index (χ1n) is 2.00. The van der Waals surface area contributed by atoms with Gasteiger partial charge in [0, 0.05) is 0 Å². The molecule has 0 aliphatic carbocycles. The van der Waals surface area contributed by atoms with Crippen LogP contribution in [0, 0.1) is 5.53 Å². The monoisotopic (exact) mass is 96.1 g/mol. The van der Waals surface area contributed by atoms with Crippen LogP contribution in [0.2, 0.25) is 0 Å². The topological polar surface area (TPSA) is 36.2 Å². The van der Waals surface area contributed by atoms with E-state index in [1.165, 1.54) is 0 Å². The van der Waals surface area contributed by atoms with Gasteiger partial charge in [0.15, 0.2) is 0 Å². The van der Waals surface area contributed by atoms with E-state index in [2.05, 4.69) is 11.7 Å². The van der Waals surface area contributed by atoms with E-state index < -0.39 is 0 Å². The molecule has 0 amide bonds. The summed E-state index contributed by atoms with van der Waals surface area (Å²) in [7, 11) is 0. The van der Waals surface area contributed by atoms with Gasteiger partial charge in [0.1, 0.15) is 0 Å². The third-order valence-electron chi connectivity index (χ3n) is 0.503. The van der Waals surface area contributed by atoms with Crippen molar-refractivity contribution in [2.24, 2.45) is 5.11 Å². The second-order valence-electron chi connectivity index (χ2n) is 1.10. The summed E-state index contributed by atoms with van der Waals surface area (Å²) < 4.78 is 0. The number of allylic oxidation sites excluding steroid dienone is 2. The van der Waals surface area contributed by atoms with Crippen LogP contribution in [-0.2, 0) is 0 Å². The minimum Gasteiger partial charge on any atom is -0.204 e. The maximum Gasteiger partial charge on any atom is 0.0775 e. The smallest absolute Gasteiger partial charge is 0.0775 e. The molecule has 0 aliphatic heterocycles. The number of nitrogens with one attached hydrogen (secondary N) is 1. The van der Waals surface area contributed by atoms with Crippen LogP contribution in [0.25, 0.3) is 0 Å². The predicted octanol–water partition coefficient (Wildman–Crippen LogP) is 2.11. The SMILES string of the molecule is C=C(/C=C\C)N=N. The first kappa shape index (κ1) is 6.08. The predicted molar refractivity (Wildman–Crippen MR) is 29.1 cm³/mol. The molecule has 0 heterocycles. The van der Waals surface area contributed by atoms with Crippen molar-refractivity contribution >= 4 is 0 Å². The van der Waals surface area contributed by atoms with E-state index in [9.17, 15) is 0 Å². The number of hydrogen-bond acceptors (Lipinski definition) is 2. The van der Waals surface area contributed by atoms with Gasteiger partial charge in [-0.2, -0.15) is 5.11 Å². The summed E-state index contributed by atoms with van der Waals surface area (Å²) in [5.41, 5.74) is 6.87. The molecule has 0 aromatic heterocycles. The lowest BCUT2D eigenvalue weighted by atomic mass is 10.4. The molecule has 0 atom stereocenters. The van der Waals surface area contributed by atoms with E-state index in [0.29, 0.717) is 5.70 Å². The molecule has 7 heavy (non-hydrogen) atoms. The minimum atomic E-state index is 0.488. The molecule has 2 heteroatoms. The fourth-order valence-electron chi connectivity index (χ4n) is 0.230. The van der Waals surface area contributed by atoms with E-state index in [4.69, 9.17) is 5.53 Å². The second-order valence-corrected chi connectivity index (χ2v) is 1.10. The zero-order valence-electron chi connectivity index (χ0n) is 4.31. The van der Waals surface area contributed by atoms with Crippen molar-refractivity contribution in [2.45, 2.75) is 6.92 Å². The van der Waals surface area contributed by atoms with E-state index in [-0.39, 0.29) is 0 Å². The van der Waals surface area contributed by atoms with Gasteiger partial charge in [0.25, 0.3) is 0 Å². The summed E-state index contributed by atoms with van der Waals surface area (Å²) in [6.45, 7) is 5.28. The Kier molecular flexibility index (Phi) is 2.85. The van der Waals surface area contributed by atoms with E-state index in [1.807, 2.05) is 6.92 Å². The number of rotatable bonds is 2. The largest absolute Gasteiger partial charge is 0.204 e. The Balaban J connectivity index is 3.58. The Morgan fingerprint density at radius 1 is 1.86 bits per heavy atom. The van der Waals surface area contributed by atoms with Crippen LogP contribution in [0.3, 0.4) is 0 Å². The van der Waals surface area contributed by atoms with Crippen molar-refractivity contribution in [1.29, 1.82) is 5.53 Å². The molecule has 0 radical (unpaired) electrons. The molecule has 0 saturated heterocycles. The first-order valence-corrected chi connectivity index (χ1v) is 2.00. The molecule has 0 rings (SSSR count). The lowest BCUT2D eigenvalue weighted by molar-refractivity contribution is 1.10. The zero-order chi connectivity index (χ0) is 5.70. The van der Waals surface area contributed by atoms with Crippen molar-refractivity contribution in [3.8, 4) is 0 Å². The van der Waals surface area contributed by atoms with Crippen LogP contribution in [0.5, 0.6) is 0 Å². The summed E-state index contributed by atoms with van der Waals surface area (Å²) in [6.07, 6.45) is 3.47. The summed E-state index contributed by atoms with van der Waals surface area (Å²) >= 11 is 0. The standard InChI is InChI=1S/C5H8N2/c1-3-4-5(2)7-6/h3-4,6H,2H2,1H3/b4-3-,7-6?. The van der Waals surface area contributed by atoms with Gasteiger partial charge in [0.05, 0.1) is 5.70 Å². The van der Waals surface area contributed by atoms with Gasteiger partial charge < -0.3 is 0 Å². The molecule has 0 saturated carbocycles. The van der Waals surface area contributed by atoms with Crippen LogP contribution < -0.4 is 0 Å². The average Bonchev–Trinajstić information content (AvgIpc) is 1.68. The van der Waals surface area contributed by atoms with Crippen molar-refractivity contribution in [3.05, 3.63) is 24.4 Å². The van der Waals surface area contributed by atoms with Gasteiger partial charge in [-0.25, -0.2) is 5.53 Å². The Morgan fingerprint density at radius 2 is 2.43 bits per heavy atom. The molecule has 1 N–H and O–H groups in total. The van der Waals surface area contributed by atoms with Gasteiger partial charge in [-0.1, -0.05) is 12.7 Å². The maximum absolute atomic E-state index is 6.39. The van der Waals surface area contributed by atoms with Crippen LogP contribution in [0.1, 0.15) is 6.92 Å². The first-order chi connectivity index (χ1) is 3.31. The summed E-state index contributed by atoms with van der Waals surface area (Å²) in [5.74, 6) is 0. The van der Waals surface area contributed by atoms with Gasteiger partial charge in [-0.15, -0.1) is 0 Å². The normalized spacial score (nSPS) is 9.29. The van der Waals surface area contributed by atoms with Crippen molar-refractivity contribution < 1.29 is 0 Å². The van der Waals surface area contributed by atoms with Crippen molar-refractivity contribution in [3.63, 3.8) is 0 Å². The third kappa shape index (κ3) is 2.89. The highest BCUT2D eigenvalue weighted by Crippen LogP contribution is 1.90. The minimum absolute atomic E-state index is 0.488. The van der Waals surface area contributed by atoms with Gasteiger partial charge >= 0.3 is 0 Å². The lowest BCUT2D eigenvalue weighted by Crippen LogP contribution is -1.58. The number of hydrogen-bond donors (Lipinski definition) is 1. The van der Waals surface area contributed by atoms with Crippen molar-refractivity contribution in [1.82, 2.24) is 0 Å². The Labute approximate surface area is 43.1 Å². The summed E-state index contributed by atoms with van der Waals surface area (Å²) in [4.78, 5) is 0. The highest BCUT2D eigenvalue weighted by molar-refractivity contribution is 5.09.